The Morgan fingerprint density at radius 1 is 1.23 bits per heavy atom. The topological polar surface area (TPSA) is 41.1 Å². The Balaban J connectivity index is 0.00000196. The lowest BCUT2D eigenvalue weighted by Gasteiger charge is -2.27. The van der Waals surface area contributed by atoms with Crippen LogP contribution in [0.15, 0.2) is 42.5 Å². The van der Waals surface area contributed by atoms with Gasteiger partial charge >= 0.3 is 0 Å². The third-order valence-corrected chi connectivity index (χ3v) is 5.52. The second-order valence-electron chi connectivity index (χ2n) is 6.78. The van der Waals surface area contributed by atoms with Crippen molar-refractivity contribution in [2.24, 2.45) is 5.92 Å². The van der Waals surface area contributed by atoms with Crippen molar-refractivity contribution < 1.29 is 9.18 Å². The van der Waals surface area contributed by atoms with Crippen LogP contribution in [0.1, 0.15) is 35.1 Å². The summed E-state index contributed by atoms with van der Waals surface area (Å²) < 4.78 is 14.0. The highest BCUT2D eigenvalue weighted by molar-refractivity contribution is 6.31. The van der Waals surface area contributed by atoms with E-state index in [2.05, 4.69) is 22.8 Å². The summed E-state index contributed by atoms with van der Waals surface area (Å²) in [4.78, 5) is 12.5. The van der Waals surface area contributed by atoms with Crippen molar-refractivity contribution in [3.05, 3.63) is 70.0 Å². The van der Waals surface area contributed by atoms with E-state index in [1.54, 1.807) is 12.1 Å². The zero-order chi connectivity index (χ0) is 17.4. The number of amides is 1. The zero-order valence-electron chi connectivity index (χ0n) is 14.2. The fourth-order valence-corrected chi connectivity index (χ4v) is 4.08. The van der Waals surface area contributed by atoms with E-state index in [-0.39, 0.29) is 42.0 Å². The summed E-state index contributed by atoms with van der Waals surface area (Å²) in [6.45, 7) is 1.46. The Morgan fingerprint density at radius 2 is 2.04 bits per heavy atom. The average Bonchev–Trinajstić information content (AvgIpc) is 3.40. The van der Waals surface area contributed by atoms with E-state index < -0.39 is 0 Å². The molecule has 2 aliphatic rings. The van der Waals surface area contributed by atoms with Gasteiger partial charge in [-0.1, -0.05) is 41.9 Å². The van der Waals surface area contributed by atoms with Crippen molar-refractivity contribution in [2.75, 3.05) is 13.1 Å². The molecule has 1 fully saturated rings. The standard InChI is InChI=1S/C20H20ClFN2O.ClH/c21-16-6-3-7-17(22)19(16)14-10-15(14)20(25)24-11-18-13-5-2-1-4-12(13)8-9-23-18;/h1-7,14-15,18,23H,8-11H2,(H,24,25);1H. The van der Waals surface area contributed by atoms with Crippen molar-refractivity contribution in [1.29, 1.82) is 0 Å². The molecule has 3 atom stereocenters. The molecule has 26 heavy (non-hydrogen) atoms. The van der Waals surface area contributed by atoms with Gasteiger partial charge in [0, 0.05) is 35.0 Å². The van der Waals surface area contributed by atoms with E-state index in [1.807, 2.05) is 12.1 Å². The molecule has 1 aliphatic carbocycles. The maximum Gasteiger partial charge on any atom is 0.223 e. The first-order valence-electron chi connectivity index (χ1n) is 8.68. The maximum atomic E-state index is 14.0. The lowest BCUT2D eigenvalue weighted by molar-refractivity contribution is -0.122. The predicted molar refractivity (Wildman–Crippen MR) is 103 cm³/mol. The van der Waals surface area contributed by atoms with Crippen LogP contribution in [0.5, 0.6) is 0 Å². The van der Waals surface area contributed by atoms with Crippen LogP contribution in [0.25, 0.3) is 0 Å². The SMILES string of the molecule is Cl.O=C(NCC1NCCc2ccccc21)C1CC1c1c(F)cccc1Cl. The van der Waals surface area contributed by atoms with E-state index in [0.717, 1.165) is 13.0 Å². The lowest BCUT2D eigenvalue weighted by Crippen LogP contribution is -2.39. The van der Waals surface area contributed by atoms with E-state index >= 15 is 0 Å². The largest absolute Gasteiger partial charge is 0.354 e. The number of fused-ring (bicyclic) bond motifs is 1. The summed E-state index contributed by atoms with van der Waals surface area (Å²) in [5, 5.41) is 6.89. The average molecular weight is 395 g/mol. The maximum absolute atomic E-state index is 14.0. The Bertz CT molecular complexity index is 794. The van der Waals surface area contributed by atoms with Crippen molar-refractivity contribution in [3.8, 4) is 0 Å². The number of halogens is 3. The number of carbonyl (C=O) groups excluding carboxylic acids is 1. The van der Waals surface area contributed by atoms with E-state index in [4.69, 9.17) is 11.6 Å². The molecule has 2 N–H and O–H groups in total. The fourth-order valence-electron chi connectivity index (χ4n) is 3.78. The van der Waals surface area contributed by atoms with Crippen molar-refractivity contribution in [1.82, 2.24) is 10.6 Å². The van der Waals surface area contributed by atoms with E-state index in [0.29, 0.717) is 23.6 Å². The molecule has 0 saturated heterocycles. The molecule has 3 nitrogen and oxygen atoms in total. The van der Waals surface area contributed by atoms with Gasteiger partial charge in [0.1, 0.15) is 5.82 Å². The van der Waals surface area contributed by atoms with Crippen LogP contribution in [0.4, 0.5) is 4.39 Å². The van der Waals surface area contributed by atoms with Crippen LogP contribution in [0.3, 0.4) is 0 Å². The van der Waals surface area contributed by atoms with E-state index in [1.165, 1.54) is 17.2 Å². The minimum absolute atomic E-state index is 0. The van der Waals surface area contributed by atoms with Crippen LogP contribution < -0.4 is 10.6 Å². The van der Waals surface area contributed by atoms with Crippen molar-refractivity contribution >= 4 is 29.9 Å². The number of hydrogen-bond acceptors (Lipinski definition) is 2. The second-order valence-corrected chi connectivity index (χ2v) is 7.19. The summed E-state index contributed by atoms with van der Waals surface area (Å²) in [7, 11) is 0. The Labute approximate surface area is 163 Å². The van der Waals surface area contributed by atoms with Gasteiger partial charge in [-0.05, 0) is 42.6 Å². The molecule has 6 heteroatoms. The van der Waals surface area contributed by atoms with Gasteiger partial charge in [-0.3, -0.25) is 4.79 Å². The number of nitrogens with one attached hydrogen (secondary N) is 2. The normalized spacial score (nSPS) is 23.5. The molecular formula is C20H21Cl2FN2O. The molecule has 1 aliphatic heterocycles. The molecule has 0 bridgehead atoms. The number of carbonyl (C=O) groups is 1. The van der Waals surface area contributed by atoms with E-state index in [9.17, 15) is 9.18 Å². The molecule has 3 unspecified atom stereocenters. The Morgan fingerprint density at radius 3 is 2.85 bits per heavy atom. The van der Waals surface area contributed by atoms with Crippen LogP contribution >= 0.6 is 24.0 Å². The quantitative estimate of drug-likeness (QED) is 0.822. The summed E-state index contributed by atoms with van der Waals surface area (Å²) >= 11 is 6.11. The Kier molecular flexibility index (Phi) is 5.86. The molecule has 1 heterocycles. The van der Waals surface area contributed by atoms with Gasteiger partial charge in [-0.25, -0.2) is 4.39 Å². The van der Waals surface area contributed by atoms with Gasteiger partial charge in [0.25, 0.3) is 0 Å². The van der Waals surface area contributed by atoms with Gasteiger partial charge < -0.3 is 10.6 Å². The monoisotopic (exact) mass is 394 g/mol. The molecule has 1 saturated carbocycles. The smallest absolute Gasteiger partial charge is 0.223 e. The molecule has 4 rings (SSSR count). The van der Waals surface area contributed by atoms with Gasteiger partial charge in [-0.2, -0.15) is 0 Å². The minimum Gasteiger partial charge on any atom is -0.354 e. The predicted octanol–water partition coefficient (Wildman–Crippen LogP) is 4.01. The molecule has 2 aromatic carbocycles. The number of hydrogen-bond donors (Lipinski definition) is 2. The molecule has 138 valence electrons. The number of rotatable bonds is 4. The minimum atomic E-state index is -0.323. The highest BCUT2D eigenvalue weighted by Crippen LogP contribution is 2.50. The molecule has 0 spiro atoms. The highest BCUT2D eigenvalue weighted by atomic mass is 35.5. The summed E-state index contributed by atoms with van der Waals surface area (Å²) in [5.74, 6) is -0.640. The molecular weight excluding hydrogens is 374 g/mol. The highest BCUT2D eigenvalue weighted by Gasteiger charge is 2.46. The molecule has 0 aromatic heterocycles. The number of benzene rings is 2. The van der Waals surface area contributed by atoms with Crippen molar-refractivity contribution in [2.45, 2.75) is 24.8 Å². The molecule has 2 aromatic rings. The lowest BCUT2D eigenvalue weighted by atomic mass is 9.94. The first kappa shape index (κ1) is 19.2. The third-order valence-electron chi connectivity index (χ3n) is 5.19. The van der Waals surface area contributed by atoms with Gasteiger partial charge in [0.05, 0.1) is 0 Å². The first-order chi connectivity index (χ1) is 12.1. The fraction of sp³-hybridized carbons (Fsp3) is 0.350. The van der Waals surface area contributed by atoms with Crippen LogP contribution in [0, 0.1) is 11.7 Å². The molecule has 0 radical (unpaired) electrons. The van der Waals surface area contributed by atoms with Crippen LogP contribution in [-0.4, -0.2) is 19.0 Å². The van der Waals surface area contributed by atoms with Crippen LogP contribution in [-0.2, 0) is 11.2 Å². The summed E-state index contributed by atoms with van der Waals surface area (Å²) in [6.07, 6.45) is 1.66. The van der Waals surface area contributed by atoms with Gasteiger partial charge in [0.15, 0.2) is 0 Å². The van der Waals surface area contributed by atoms with Gasteiger partial charge in [-0.15, -0.1) is 12.4 Å². The second kappa shape index (κ2) is 7.95. The third kappa shape index (κ3) is 3.73. The summed E-state index contributed by atoms with van der Waals surface area (Å²) in [6, 6.07) is 13.1. The van der Waals surface area contributed by atoms with Crippen LogP contribution in [0.2, 0.25) is 5.02 Å². The Hall–Kier alpha value is -1.62. The summed E-state index contributed by atoms with van der Waals surface area (Å²) in [5.41, 5.74) is 3.06. The first-order valence-corrected chi connectivity index (χ1v) is 9.05. The molecule has 1 amide bonds. The van der Waals surface area contributed by atoms with Crippen molar-refractivity contribution in [3.63, 3.8) is 0 Å². The van der Waals surface area contributed by atoms with Gasteiger partial charge in [0.2, 0.25) is 5.91 Å². The zero-order valence-corrected chi connectivity index (χ0v) is 15.7.